The molecule has 6 aromatic carbocycles. The maximum Gasteiger partial charge on any atom is 0.227 e. The van der Waals surface area contributed by atoms with E-state index in [0.717, 1.165) is 82.7 Å². The van der Waals surface area contributed by atoms with Crippen LogP contribution in [0, 0.1) is 0 Å². The van der Waals surface area contributed by atoms with Crippen molar-refractivity contribution in [2.45, 2.75) is 6.92 Å². The standard InChI is InChI=1S/C48H31N5O2/c1-3-5-14-29(4-2)48-50-44-40(55-48)28-27-35-42(44)33-17-9-11-20-37(33)49-43(35)30-23-25-32(26-24-30)46-51-45(31-15-7-6-8-16-31)52-47(53-46)36-19-13-22-39-41(36)34-18-10-12-21-38(34)54-39/h3-28H,2H2,1H3/b5-3-,29-14+. The lowest BCUT2D eigenvalue weighted by molar-refractivity contribution is 0.586. The van der Waals surface area contributed by atoms with Gasteiger partial charge in [0.1, 0.15) is 16.7 Å². The molecule has 4 heterocycles. The Balaban J connectivity index is 1.13. The average molecular weight is 710 g/mol. The van der Waals surface area contributed by atoms with Crippen LogP contribution in [-0.2, 0) is 0 Å². The van der Waals surface area contributed by atoms with Gasteiger partial charge in [0.15, 0.2) is 23.1 Å². The summed E-state index contributed by atoms with van der Waals surface area (Å²) in [5.74, 6) is 2.25. The van der Waals surface area contributed by atoms with Crippen LogP contribution in [0.25, 0.3) is 106 Å². The Morgan fingerprint density at radius 3 is 2.02 bits per heavy atom. The maximum absolute atomic E-state index is 6.28. The molecular weight excluding hydrogens is 679 g/mol. The molecule has 0 amide bonds. The number of allylic oxidation sites excluding steroid dienone is 5. The van der Waals surface area contributed by atoms with Crippen LogP contribution in [-0.4, -0.2) is 24.9 Å². The quantitative estimate of drug-likeness (QED) is 0.120. The van der Waals surface area contributed by atoms with E-state index in [9.17, 15) is 0 Å². The third-order valence-electron chi connectivity index (χ3n) is 9.88. The van der Waals surface area contributed by atoms with Gasteiger partial charge in [-0.15, -0.1) is 0 Å². The van der Waals surface area contributed by atoms with Gasteiger partial charge in [0.25, 0.3) is 0 Å². The summed E-state index contributed by atoms with van der Waals surface area (Å²) in [6, 6.07) is 44.5. The molecule has 4 aromatic heterocycles. The number of rotatable bonds is 7. The monoisotopic (exact) mass is 709 g/mol. The first-order valence-corrected chi connectivity index (χ1v) is 18.1. The van der Waals surface area contributed by atoms with Gasteiger partial charge in [-0.05, 0) is 43.3 Å². The summed E-state index contributed by atoms with van der Waals surface area (Å²) in [5.41, 5.74) is 9.20. The lowest BCUT2D eigenvalue weighted by atomic mass is 9.98. The Morgan fingerprint density at radius 1 is 0.527 bits per heavy atom. The van der Waals surface area contributed by atoms with Crippen LogP contribution in [0.1, 0.15) is 12.8 Å². The maximum atomic E-state index is 6.28. The molecule has 10 rings (SSSR count). The minimum atomic E-state index is 0.520. The van der Waals surface area contributed by atoms with E-state index in [1.807, 2.05) is 116 Å². The summed E-state index contributed by atoms with van der Waals surface area (Å²) in [6.45, 7) is 5.96. The predicted octanol–water partition coefficient (Wildman–Crippen LogP) is 12.4. The van der Waals surface area contributed by atoms with Crippen LogP contribution in [0.3, 0.4) is 0 Å². The highest BCUT2D eigenvalue weighted by atomic mass is 16.3. The number of benzene rings is 6. The largest absolute Gasteiger partial charge is 0.456 e. The molecule has 7 heteroatoms. The van der Waals surface area contributed by atoms with Crippen molar-refractivity contribution in [3.05, 3.63) is 170 Å². The molecule has 0 unspecified atom stereocenters. The number of fused-ring (bicyclic) bond motifs is 8. The number of aromatic nitrogens is 5. The molecule has 0 atom stereocenters. The number of oxazole rings is 1. The topological polar surface area (TPSA) is 90.7 Å². The number of hydrogen-bond donors (Lipinski definition) is 0. The van der Waals surface area contributed by atoms with Gasteiger partial charge in [-0.25, -0.2) is 24.9 Å². The summed E-state index contributed by atoms with van der Waals surface area (Å²) < 4.78 is 12.5. The lowest BCUT2D eigenvalue weighted by Gasteiger charge is -2.12. The zero-order valence-electron chi connectivity index (χ0n) is 29.8. The van der Waals surface area contributed by atoms with Gasteiger partial charge in [0, 0.05) is 54.8 Å². The first-order valence-electron chi connectivity index (χ1n) is 18.1. The molecule has 0 saturated heterocycles. The normalized spacial score (nSPS) is 12.2. The minimum absolute atomic E-state index is 0.520. The molecule has 7 nitrogen and oxygen atoms in total. The van der Waals surface area contributed by atoms with Crippen molar-refractivity contribution in [2.24, 2.45) is 0 Å². The van der Waals surface area contributed by atoms with Crippen molar-refractivity contribution in [3.8, 4) is 45.4 Å². The van der Waals surface area contributed by atoms with Gasteiger partial charge in [0.2, 0.25) is 5.89 Å². The molecule has 0 saturated carbocycles. The fourth-order valence-electron chi connectivity index (χ4n) is 7.28. The van der Waals surface area contributed by atoms with E-state index >= 15 is 0 Å². The number of pyridine rings is 1. The van der Waals surface area contributed by atoms with E-state index in [0.29, 0.717) is 28.9 Å². The van der Waals surface area contributed by atoms with Crippen LogP contribution in [0.15, 0.2) is 173 Å². The third-order valence-corrected chi connectivity index (χ3v) is 9.88. The van der Waals surface area contributed by atoms with Gasteiger partial charge in [0.05, 0.1) is 11.2 Å². The molecule has 260 valence electrons. The molecule has 0 spiro atoms. The fraction of sp³-hybridized carbons (Fsp3) is 0.0208. The zero-order valence-corrected chi connectivity index (χ0v) is 29.8. The van der Waals surface area contributed by atoms with Crippen molar-refractivity contribution >= 4 is 60.3 Å². The molecule has 55 heavy (non-hydrogen) atoms. The molecule has 0 bridgehead atoms. The van der Waals surface area contributed by atoms with E-state index in [1.54, 1.807) is 6.08 Å². The second-order valence-corrected chi connectivity index (χ2v) is 13.2. The minimum Gasteiger partial charge on any atom is -0.456 e. The van der Waals surface area contributed by atoms with Gasteiger partial charge < -0.3 is 8.83 Å². The molecule has 0 fully saturated rings. The van der Waals surface area contributed by atoms with Crippen LogP contribution < -0.4 is 0 Å². The average Bonchev–Trinajstić information content (AvgIpc) is 3.86. The molecule has 0 aliphatic rings. The third kappa shape index (κ3) is 5.49. The number of hydrogen-bond acceptors (Lipinski definition) is 7. The molecule has 0 aliphatic heterocycles. The fourth-order valence-corrected chi connectivity index (χ4v) is 7.28. The van der Waals surface area contributed by atoms with Gasteiger partial charge in [-0.3, -0.25) is 0 Å². The van der Waals surface area contributed by atoms with Crippen LogP contribution in [0.5, 0.6) is 0 Å². The Hall–Kier alpha value is -7.51. The van der Waals surface area contributed by atoms with Crippen LogP contribution >= 0.6 is 0 Å². The Labute approximate surface area is 315 Å². The van der Waals surface area contributed by atoms with Gasteiger partial charge in [-0.1, -0.05) is 128 Å². The Morgan fingerprint density at radius 2 is 1.22 bits per heavy atom. The first kappa shape index (κ1) is 32.2. The Kier molecular flexibility index (Phi) is 7.70. The predicted molar refractivity (Wildman–Crippen MR) is 222 cm³/mol. The van der Waals surface area contributed by atoms with Crippen LogP contribution in [0.2, 0.25) is 0 Å². The highest BCUT2D eigenvalue weighted by molar-refractivity contribution is 6.20. The number of furan rings is 1. The van der Waals surface area contributed by atoms with E-state index in [4.69, 9.17) is 33.8 Å². The molecule has 10 aromatic rings. The van der Waals surface area contributed by atoms with E-state index in [1.165, 1.54) is 0 Å². The van der Waals surface area contributed by atoms with Crippen molar-refractivity contribution in [3.63, 3.8) is 0 Å². The Bertz CT molecular complexity index is 3170. The summed E-state index contributed by atoms with van der Waals surface area (Å²) in [7, 11) is 0. The van der Waals surface area contributed by atoms with Crippen molar-refractivity contribution < 1.29 is 8.83 Å². The smallest absolute Gasteiger partial charge is 0.227 e. The zero-order chi connectivity index (χ0) is 36.9. The van der Waals surface area contributed by atoms with Gasteiger partial charge in [-0.2, -0.15) is 0 Å². The molecular formula is C48H31N5O2. The second kappa shape index (κ2) is 13.2. The number of para-hydroxylation sites is 2. The number of nitrogens with zero attached hydrogens (tertiary/aromatic N) is 5. The molecule has 0 N–H and O–H groups in total. The van der Waals surface area contributed by atoms with Crippen molar-refractivity contribution in [1.82, 2.24) is 24.9 Å². The van der Waals surface area contributed by atoms with Gasteiger partial charge >= 0.3 is 0 Å². The SMILES string of the molecule is C=C/C(=C\C=C/C)c1nc2c(ccc3c(-c4ccc(-c5nc(-c6ccccc6)nc(-c6cccc7oc8ccccc8c67)n5)cc4)nc4ccccc4c32)o1. The van der Waals surface area contributed by atoms with E-state index in [2.05, 4.69) is 49.0 Å². The van der Waals surface area contributed by atoms with Crippen LogP contribution in [0.4, 0.5) is 0 Å². The first-order chi connectivity index (χ1) is 27.2. The van der Waals surface area contributed by atoms with Crippen molar-refractivity contribution in [1.29, 1.82) is 0 Å². The van der Waals surface area contributed by atoms with Crippen molar-refractivity contribution in [2.75, 3.05) is 0 Å². The second-order valence-electron chi connectivity index (χ2n) is 13.2. The van der Waals surface area contributed by atoms with E-state index < -0.39 is 0 Å². The highest BCUT2D eigenvalue weighted by Gasteiger charge is 2.20. The molecule has 0 radical (unpaired) electrons. The summed E-state index contributed by atoms with van der Waals surface area (Å²) in [5, 5.41) is 4.96. The lowest BCUT2D eigenvalue weighted by Crippen LogP contribution is -2.00. The van der Waals surface area contributed by atoms with E-state index in [-0.39, 0.29) is 0 Å². The summed E-state index contributed by atoms with van der Waals surface area (Å²) in [6.07, 6.45) is 7.62. The summed E-state index contributed by atoms with van der Waals surface area (Å²) in [4.78, 5) is 25.3. The molecule has 0 aliphatic carbocycles. The summed E-state index contributed by atoms with van der Waals surface area (Å²) >= 11 is 0. The highest BCUT2D eigenvalue weighted by Crippen LogP contribution is 2.39.